The lowest BCUT2D eigenvalue weighted by Gasteiger charge is -2.11. The molecule has 1 aromatic heterocycles. The van der Waals surface area contributed by atoms with Gasteiger partial charge in [-0.05, 0) is 18.2 Å². The maximum atomic E-state index is 11.6. The number of aromatic nitrogens is 2. The standard InChI is InChI=1S/C12H9BrClN3O3/c1-17-10(18)5-9(11(16-17)12(19)20)15-8-3-2-6(13)4-7(8)14/h2-5,15H,1H3,(H,19,20). The molecule has 8 heteroatoms. The average Bonchev–Trinajstić information content (AvgIpc) is 2.36. The summed E-state index contributed by atoms with van der Waals surface area (Å²) in [7, 11) is 1.38. The van der Waals surface area contributed by atoms with Gasteiger partial charge in [0.05, 0.1) is 16.4 Å². The largest absolute Gasteiger partial charge is 0.476 e. The van der Waals surface area contributed by atoms with E-state index in [9.17, 15) is 9.59 Å². The SMILES string of the molecule is Cn1nc(C(=O)O)c(Nc2ccc(Br)cc2Cl)cc1=O. The third-order valence-corrected chi connectivity index (χ3v) is 3.30. The molecule has 0 radical (unpaired) electrons. The van der Waals surface area contributed by atoms with E-state index in [4.69, 9.17) is 16.7 Å². The summed E-state index contributed by atoms with van der Waals surface area (Å²) in [5, 5.41) is 16.0. The number of hydrogen-bond donors (Lipinski definition) is 2. The first-order valence-electron chi connectivity index (χ1n) is 5.42. The van der Waals surface area contributed by atoms with Crippen molar-refractivity contribution in [3.05, 3.63) is 49.8 Å². The predicted molar refractivity (Wildman–Crippen MR) is 78.9 cm³/mol. The smallest absolute Gasteiger partial charge is 0.358 e. The van der Waals surface area contributed by atoms with E-state index in [1.54, 1.807) is 18.2 Å². The van der Waals surface area contributed by atoms with E-state index in [0.29, 0.717) is 10.7 Å². The molecular weight excluding hydrogens is 350 g/mol. The molecule has 0 saturated carbocycles. The van der Waals surface area contributed by atoms with Gasteiger partial charge in [-0.15, -0.1) is 0 Å². The Morgan fingerprint density at radius 3 is 2.70 bits per heavy atom. The number of carbonyl (C=O) groups is 1. The highest BCUT2D eigenvalue weighted by molar-refractivity contribution is 9.10. The lowest BCUT2D eigenvalue weighted by molar-refractivity contribution is 0.0689. The van der Waals surface area contributed by atoms with E-state index in [-0.39, 0.29) is 11.4 Å². The van der Waals surface area contributed by atoms with Crippen LogP contribution in [0.5, 0.6) is 0 Å². The van der Waals surface area contributed by atoms with Crippen LogP contribution in [0.3, 0.4) is 0 Å². The van der Waals surface area contributed by atoms with E-state index >= 15 is 0 Å². The number of nitrogens with zero attached hydrogens (tertiary/aromatic N) is 2. The number of nitrogens with one attached hydrogen (secondary N) is 1. The Bertz CT molecular complexity index is 745. The van der Waals surface area contributed by atoms with Crippen LogP contribution in [0.2, 0.25) is 5.02 Å². The van der Waals surface area contributed by atoms with Crippen molar-refractivity contribution < 1.29 is 9.90 Å². The Kier molecular flexibility index (Phi) is 4.10. The predicted octanol–water partition coefficient (Wildman–Crippen LogP) is 2.64. The first-order chi connectivity index (χ1) is 9.38. The molecule has 0 amide bonds. The molecule has 0 spiro atoms. The second kappa shape index (κ2) is 5.64. The van der Waals surface area contributed by atoms with E-state index < -0.39 is 11.5 Å². The summed E-state index contributed by atoms with van der Waals surface area (Å²) in [6.45, 7) is 0. The fraction of sp³-hybridized carbons (Fsp3) is 0.0833. The number of carboxylic acids is 1. The maximum Gasteiger partial charge on any atom is 0.358 e. The van der Waals surface area contributed by atoms with Crippen molar-refractivity contribution in [1.82, 2.24) is 9.78 Å². The van der Waals surface area contributed by atoms with Crippen LogP contribution < -0.4 is 10.9 Å². The molecular formula is C12H9BrClN3O3. The first kappa shape index (κ1) is 14.5. The molecule has 0 unspecified atom stereocenters. The molecule has 0 fully saturated rings. The zero-order valence-corrected chi connectivity index (χ0v) is 12.6. The molecule has 0 atom stereocenters. The van der Waals surface area contributed by atoms with Crippen LogP contribution in [-0.2, 0) is 7.05 Å². The van der Waals surface area contributed by atoms with Crippen LogP contribution >= 0.6 is 27.5 Å². The van der Waals surface area contributed by atoms with Crippen molar-refractivity contribution in [2.24, 2.45) is 7.05 Å². The van der Waals surface area contributed by atoms with Crippen molar-refractivity contribution in [2.75, 3.05) is 5.32 Å². The van der Waals surface area contributed by atoms with Gasteiger partial charge < -0.3 is 10.4 Å². The van der Waals surface area contributed by atoms with Gasteiger partial charge in [-0.3, -0.25) is 4.79 Å². The Labute approximate surface area is 127 Å². The van der Waals surface area contributed by atoms with Crippen molar-refractivity contribution in [3.8, 4) is 0 Å². The third kappa shape index (κ3) is 3.00. The zero-order chi connectivity index (χ0) is 14.9. The molecule has 104 valence electrons. The van der Waals surface area contributed by atoms with Crippen LogP contribution in [0.1, 0.15) is 10.5 Å². The zero-order valence-electron chi connectivity index (χ0n) is 10.2. The molecule has 0 saturated heterocycles. The number of halogens is 2. The summed E-state index contributed by atoms with van der Waals surface area (Å²) in [6.07, 6.45) is 0. The third-order valence-electron chi connectivity index (χ3n) is 2.49. The minimum atomic E-state index is -1.24. The molecule has 6 nitrogen and oxygen atoms in total. The van der Waals surface area contributed by atoms with Gasteiger partial charge in [0, 0.05) is 17.6 Å². The number of aromatic carboxylic acids is 1. The number of benzene rings is 1. The molecule has 0 aliphatic carbocycles. The summed E-state index contributed by atoms with van der Waals surface area (Å²) in [4.78, 5) is 22.7. The first-order valence-corrected chi connectivity index (χ1v) is 6.59. The fourth-order valence-corrected chi connectivity index (χ4v) is 2.25. The minimum Gasteiger partial charge on any atom is -0.476 e. The van der Waals surface area contributed by atoms with Gasteiger partial charge in [-0.1, -0.05) is 27.5 Å². The van der Waals surface area contributed by atoms with Gasteiger partial charge >= 0.3 is 5.97 Å². The summed E-state index contributed by atoms with van der Waals surface area (Å²) in [5.41, 5.74) is -0.117. The highest BCUT2D eigenvalue weighted by Gasteiger charge is 2.15. The molecule has 1 heterocycles. The van der Waals surface area contributed by atoms with Crippen LogP contribution in [-0.4, -0.2) is 20.9 Å². The quantitative estimate of drug-likeness (QED) is 0.881. The fourth-order valence-electron chi connectivity index (χ4n) is 1.53. The summed E-state index contributed by atoms with van der Waals surface area (Å²) in [5.74, 6) is -1.24. The van der Waals surface area contributed by atoms with Gasteiger partial charge in [0.25, 0.3) is 5.56 Å². The van der Waals surface area contributed by atoms with Crippen LogP contribution in [0.25, 0.3) is 0 Å². The summed E-state index contributed by atoms with van der Waals surface area (Å²) >= 11 is 9.31. The average molecular weight is 359 g/mol. The molecule has 2 rings (SSSR count). The number of aryl methyl sites for hydroxylation is 1. The highest BCUT2D eigenvalue weighted by atomic mass is 79.9. The Hall–Kier alpha value is -1.86. The normalized spacial score (nSPS) is 10.3. The van der Waals surface area contributed by atoms with Crippen molar-refractivity contribution in [3.63, 3.8) is 0 Å². The van der Waals surface area contributed by atoms with Crippen LogP contribution in [0, 0.1) is 0 Å². The lowest BCUT2D eigenvalue weighted by atomic mass is 10.2. The summed E-state index contributed by atoms with van der Waals surface area (Å²) in [6, 6.07) is 6.21. The van der Waals surface area contributed by atoms with E-state index in [1.165, 1.54) is 7.05 Å². The van der Waals surface area contributed by atoms with Gasteiger partial charge in [0.2, 0.25) is 0 Å². The number of hydrogen-bond acceptors (Lipinski definition) is 4. The van der Waals surface area contributed by atoms with E-state index in [2.05, 4.69) is 26.3 Å². The van der Waals surface area contributed by atoms with Gasteiger partial charge in [0.15, 0.2) is 5.69 Å². The minimum absolute atomic E-state index is 0.0878. The molecule has 2 aromatic rings. The van der Waals surface area contributed by atoms with E-state index in [1.807, 2.05) is 0 Å². The number of carboxylic acid groups (broad SMARTS) is 1. The van der Waals surface area contributed by atoms with Gasteiger partial charge in [-0.2, -0.15) is 5.10 Å². The lowest BCUT2D eigenvalue weighted by Crippen LogP contribution is -2.23. The Morgan fingerprint density at radius 2 is 2.10 bits per heavy atom. The van der Waals surface area contributed by atoms with Gasteiger partial charge in [0.1, 0.15) is 0 Å². The van der Waals surface area contributed by atoms with Gasteiger partial charge in [-0.25, -0.2) is 9.48 Å². The van der Waals surface area contributed by atoms with Crippen molar-refractivity contribution >= 4 is 44.9 Å². The van der Waals surface area contributed by atoms with E-state index in [0.717, 1.165) is 15.2 Å². The number of anilines is 2. The monoisotopic (exact) mass is 357 g/mol. The topological polar surface area (TPSA) is 84.2 Å². The Balaban J connectivity index is 2.50. The molecule has 0 bridgehead atoms. The van der Waals surface area contributed by atoms with Crippen molar-refractivity contribution in [2.45, 2.75) is 0 Å². The van der Waals surface area contributed by atoms with Crippen LogP contribution in [0.15, 0.2) is 33.5 Å². The molecule has 0 aliphatic rings. The number of rotatable bonds is 3. The van der Waals surface area contributed by atoms with Crippen molar-refractivity contribution in [1.29, 1.82) is 0 Å². The second-order valence-corrected chi connectivity index (χ2v) is 5.25. The maximum absolute atomic E-state index is 11.6. The molecule has 20 heavy (non-hydrogen) atoms. The summed E-state index contributed by atoms with van der Waals surface area (Å²) < 4.78 is 1.74. The molecule has 1 aromatic carbocycles. The Morgan fingerprint density at radius 1 is 1.40 bits per heavy atom. The molecule has 0 aliphatic heterocycles. The van der Waals surface area contributed by atoms with Crippen LogP contribution in [0.4, 0.5) is 11.4 Å². The molecule has 2 N–H and O–H groups in total. The second-order valence-electron chi connectivity index (χ2n) is 3.92. The highest BCUT2D eigenvalue weighted by Crippen LogP contribution is 2.28.